The van der Waals surface area contributed by atoms with Gasteiger partial charge in [-0.25, -0.2) is 9.97 Å². The fourth-order valence-corrected chi connectivity index (χ4v) is 2.32. The molecule has 2 aromatic rings. The van der Waals surface area contributed by atoms with Gasteiger partial charge in [-0.05, 0) is 19.9 Å². The molecule has 2 heterocycles. The number of hydrogen-bond acceptors (Lipinski definition) is 5. The molecule has 0 saturated carbocycles. The number of aryl methyl sites for hydroxylation is 1. The van der Waals surface area contributed by atoms with Crippen molar-refractivity contribution >= 4 is 17.2 Å². The van der Waals surface area contributed by atoms with Gasteiger partial charge in [0.15, 0.2) is 0 Å². The maximum atomic E-state index is 12.0. The van der Waals surface area contributed by atoms with Crippen LogP contribution in [0.15, 0.2) is 23.8 Å². The van der Waals surface area contributed by atoms with Crippen LogP contribution in [0.2, 0.25) is 0 Å². The van der Waals surface area contributed by atoms with Crippen molar-refractivity contribution in [2.45, 2.75) is 20.4 Å². The average Bonchev–Trinajstić information content (AvgIpc) is 2.84. The largest absolute Gasteiger partial charge is 0.478 e. The molecule has 6 heteroatoms. The number of aromatic nitrogens is 2. The summed E-state index contributed by atoms with van der Waals surface area (Å²) in [6.07, 6.45) is 1.67. The second-order valence-electron chi connectivity index (χ2n) is 3.85. The zero-order chi connectivity index (χ0) is 13.7. The van der Waals surface area contributed by atoms with Gasteiger partial charge in [0.25, 0.3) is 5.91 Å². The predicted octanol–water partition coefficient (Wildman–Crippen LogP) is 2.18. The Morgan fingerprint density at radius 3 is 3.00 bits per heavy atom. The Balaban J connectivity index is 2.03. The van der Waals surface area contributed by atoms with Gasteiger partial charge in [-0.15, -0.1) is 11.3 Å². The SMILES string of the molecule is CCOc1ncccc1CNC(=O)c1scnc1C. The molecule has 0 aliphatic heterocycles. The van der Waals surface area contributed by atoms with Crippen LogP contribution in [0.5, 0.6) is 5.88 Å². The number of nitrogens with zero attached hydrogens (tertiary/aromatic N) is 2. The molecule has 0 aromatic carbocycles. The average molecular weight is 277 g/mol. The van der Waals surface area contributed by atoms with Gasteiger partial charge in [0.2, 0.25) is 5.88 Å². The second-order valence-corrected chi connectivity index (χ2v) is 4.71. The Morgan fingerprint density at radius 2 is 2.32 bits per heavy atom. The fraction of sp³-hybridized carbons (Fsp3) is 0.308. The summed E-state index contributed by atoms with van der Waals surface area (Å²) in [7, 11) is 0. The zero-order valence-corrected chi connectivity index (χ0v) is 11.7. The van der Waals surface area contributed by atoms with Crippen LogP contribution in [0, 0.1) is 6.92 Å². The summed E-state index contributed by atoms with van der Waals surface area (Å²) in [5, 5.41) is 2.85. The lowest BCUT2D eigenvalue weighted by atomic mass is 10.2. The van der Waals surface area contributed by atoms with Gasteiger partial charge >= 0.3 is 0 Å². The molecule has 0 unspecified atom stereocenters. The highest BCUT2D eigenvalue weighted by atomic mass is 32.1. The summed E-state index contributed by atoms with van der Waals surface area (Å²) >= 11 is 1.34. The van der Waals surface area contributed by atoms with Crippen molar-refractivity contribution in [3.63, 3.8) is 0 Å². The molecule has 0 spiro atoms. The first-order chi connectivity index (χ1) is 9.22. The quantitative estimate of drug-likeness (QED) is 0.909. The molecule has 0 fully saturated rings. The summed E-state index contributed by atoms with van der Waals surface area (Å²) < 4.78 is 5.41. The van der Waals surface area contributed by atoms with Crippen molar-refractivity contribution in [1.29, 1.82) is 0 Å². The molecule has 1 N–H and O–H groups in total. The van der Waals surface area contributed by atoms with Crippen LogP contribution in [0.1, 0.15) is 27.9 Å². The molecule has 2 rings (SSSR count). The lowest BCUT2D eigenvalue weighted by Crippen LogP contribution is -2.23. The number of thiazole rings is 1. The number of hydrogen-bond donors (Lipinski definition) is 1. The predicted molar refractivity (Wildman–Crippen MR) is 73.4 cm³/mol. The van der Waals surface area contributed by atoms with E-state index in [0.717, 1.165) is 11.3 Å². The Morgan fingerprint density at radius 1 is 1.47 bits per heavy atom. The minimum Gasteiger partial charge on any atom is -0.478 e. The molecule has 5 nitrogen and oxygen atoms in total. The monoisotopic (exact) mass is 277 g/mol. The molecule has 0 bridgehead atoms. The maximum absolute atomic E-state index is 12.0. The van der Waals surface area contributed by atoms with Gasteiger partial charge in [0.1, 0.15) is 4.88 Å². The summed E-state index contributed by atoms with van der Waals surface area (Å²) in [5.74, 6) is 0.442. The molecular weight excluding hydrogens is 262 g/mol. The minimum absolute atomic E-state index is 0.119. The van der Waals surface area contributed by atoms with Crippen LogP contribution in [-0.4, -0.2) is 22.5 Å². The van der Waals surface area contributed by atoms with Crippen molar-refractivity contribution in [2.24, 2.45) is 0 Å². The molecule has 19 heavy (non-hydrogen) atoms. The molecule has 2 aromatic heterocycles. The van der Waals surface area contributed by atoms with E-state index < -0.39 is 0 Å². The van der Waals surface area contributed by atoms with Crippen LogP contribution in [0.3, 0.4) is 0 Å². The third-order valence-corrected chi connectivity index (χ3v) is 3.45. The van der Waals surface area contributed by atoms with E-state index in [-0.39, 0.29) is 5.91 Å². The van der Waals surface area contributed by atoms with E-state index >= 15 is 0 Å². The Kier molecular flexibility index (Phi) is 4.46. The lowest BCUT2D eigenvalue weighted by molar-refractivity contribution is 0.0954. The summed E-state index contributed by atoms with van der Waals surface area (Å²) in [4.78, 5) is 20.8. The molecule has 1 amide bonds. The van der Waals surface area contributed by atoms with E-state index in [1.165, 1.54) is 11.3 Å². The smallest absolute Gasteiger partial charge is 0.263 e. The molecule has 0 atom stereocenters. The van der Waals surface area contributed by atoms with Crippen molar-refractivity contribution in [3.05, 3.63) is 40.0 Å². The lowest BCUT2D eigenvalue weighted by Gasteiger charge is -2.09. The first-order valence-electron chi connectivity index (χ1n) is 5.97. The van der Waals surface area contributed by atoms with Crippen LogP contribution in [0.25, 0.3) is 0 Å². The van der Waals surface area contributed by atoms with E-state index in [2.05, 4.69) is 15.3 Å². The van der Waals surface area contributed by atoms with Crippen molar-refractivity contribution in [3.8, 4) is 5.88 Å². The van der Waals surface area contributed by atoms with Crippen LogP contribution in [0.4, 0.5) is 0 Å². The van der Waals surface area contributed by atoms with E-state index in [9.17, 15) is 4.79 Å². The topological polar surface area (TPSA) is 64.1 Å². The number of nitrogens with one attached hydrogen (secondary N) is 1. The molecule has 0 saturated heterocycles. The van der Waals surface area contributed by atoms with Gasteiger partial charge in [0.05, 0.1) is 17.8 Å². The Bertz CT molecular complexity index is 569. The standard InChI is InChI=1S/C13H15N3O2S/c1-3-18-13-10(5-4-6-14-13)7-15-12(17)11-9(2)16-8-19-11/h4-6,8H,3,7H2,1-2H3,(H,15,17). The fourth-order valence-electron chi connectivity index (χ4n) is 1.60. The van der Waals surface area contributed by atoms with Gasteiger partial charge in [-0.3, -0.25) is 4.79 Å². The van der Waals surface area contributed by atoms with E-state index in [1.807, 2.05) is 26.0 Å². The number of carbonyl (C=O) groups is 1. The van der Waals surface area contributed by atoms with E-state index in [0.29, 0.717) is 23.9 Å². The van der Waals surface area contributed by atoms with Crippen LogP contribution >= 0.6 is 11.3 Å². The summed E-state index contributed by atoms with van der Waals surface area (Å²) in [6.45, 7) is 4.66. The number of rotatable bonds is 5. The summed E-state index contributed by atoms with van der Waals surface area (Å²) in [5.41, 5.74) is 3.28. The van der Waals surface area contributed by atoms with Gasteiger partial charge < -0.3 is 10.1 Å². The molecular formula is C13H15N3O2S. The van der Waals surface area contributed by atoms with E-state index in [4.69, 9.17) is 4.74 Å². The van der Waals surface area contributed by atoms with Crippen LogP contribution < -0.4 is 10.1 Å². The van der Waals surface area contributed by atoms with Gasteiger partial charge in [-0.2, -0.15) is 0 Å². The Labute approximate surface area is 115 Å². The zero-order valence-electron chi connectivity index (χ0n) is 10.8. The normalized spacial score (nSPS) is 10.2. The highest BCUT2D eigenvalue weighted by Gasteiger charge is 2.12. The number of carbonyl (C=O) groups excluding carboxylic acids is 1. The van der Waals surface area contributed by atoms with Gasteiger partial charge in [-0.1, -0.05) is 6.07 Å². The molecule has 0 aliphatic carbocycles. The number of ether oxygens (including phenoxy) is 1. The molecule has 0 radical (unpaired) electrons. The second kappa shape index (κ2) is 6.29. The number of amides is 1. The summed E-state index contributed by atoms with van der Waals surface area (Å²) in [6, 6.07) is 3.71. The highest BCUT2D eigenvalue weighted by molar-refractivity contribution is 7.11. The molecule has 100 valence electrons. The minimum atomic E-state index is -0.119. The third-order valence-electron chi connectivity index (χ3n) is 2.52. The van der Waals surface area contributed by atoms with E-state index in [1.54, 1.807) is 11.7 Å². The molecule has 0 aliphatic rings. The highest BCUT2D eigenvalue weighted by Crippen LogP contribution is 2.15. The van der Waals surface area contributed by atoms with Crippen molar-refractivity contribution < 1.29 is 9.53 Å². The first-order valence-corrected chi connectivity index (χ1v) is 6.85. The number of pyridine rings is 1. The van der Waals surface area contributed by atoms with Crippen LogP contribution in [-0.2, 0) is 6.54 Å². The third kappa shape index (κ3) is 3.29. The first kappa shape index (κ1) is 13.5. The Hall–Kier alpha value is -1.95. The maximum Gasteiger partial charge on any atom is 0.263 e. The van der Waals surface area contributed by atoms with Gasteiger partial charge in [0, 0.05) is 18.3 Å². The van der Waals surface area contributed by atoms with Crippen molar-refractivity contribution in [2.75, 3.05) is 6.61 Å². The van der Waals surface area contributed by atoms with Crippen molar-refractivity contribution in [1.82, 2.24) is 15.3 Å².